The SMILES string of the molecule is Cc1ccc(-c2nc(C(=O)NCCO)nn2-c2ccc(Cl)c(Cl)c2)cc1. The van der Waals surface area contributed by atoms with Crippen molar-refractivity contribution in [1.29, 1.82) is 0 Å². The van der Waals surface area contributed by atoms with Gasteiger partial charge in [-0.2, -0.15) is 0 Å². The lowest BCUT2D eigenvalue weighted by molar-refractivity contribution is 0.0934. The van der Waals surface area contributed by atoms with Crippen LogP contribution in [0, 0.1) is 6.92 Å². The lowest BCUT2D eigenvalue weighted by atomic mass is 10.1. The number of nitrogens with one attached hydrogen (secondary N) is 1. The van der Waals surface area contributed by atoms with Crippen LogP contribution in [0.1, 0.15) is 16.2 Å². The fourth-order valence-corrected chi connectivity index (χ4v) is 2.64. The first kappa shape index (κ1) is 18.4. The summed E-state index contributed by atoms with van der Waals surface area (Å²) in [7, 11) is 0. The molecule has 134 valence electrons. The molecule has 0 spiro atoms. The molecule has 26 heavy (non-hydrogen) atoms. The number of aliphatic hydroxyl groups excluding tert-OH is 1. The molecule has 0 bridgehead atoms. The van der Waals surface area contributed by atoms with Crippen LogP contribution in [0.15, 0.2) is 42.5 Å². The van der Waals surface area contributed by atoms with Gasteiger partial charge in [0.1, 0.15) is 0 Å². The summed E-state index contributed by atoms with van der Waals surface area (Å²) in [6.45, 7) is 1.95. The second-order valence-electron chi connectivity index (χ2n) is 5.61. The summed E-state index contributed by atoms with van der Waals surface area (Å²) in [5.74, 6) is 0.0313. The Labute approximate surface area is 160 Å². The first-order valence-electron chi connectivity index (χ1n) is 7.88. The van der Waals surface area contributed by atoms with Crippen LogP contribution >= 0.6 is 23.2 Å². The number of carbonyl (C=O) groups excluding carboxylic acids is 1. The molecule has 0 aliphatic heterocycles. The number of aryl methyl sites for hydroxylation is 1. The topological polar surface area (TPSA) is 80.0 Å². The van der Waals surface area contributed by atoms with Crippen LogP contribution in [0.3, 0.4) is 0 Å². The number of halogens is 2. The molecular formula is C18H16Cl2N4O2. The van der Waals surface area contributed by atoms with E-state index in [1.165, 1.54) is 0 Å². The van der Waals surface area contributed by atoms with Crippen molar-refractivity contribution in [2.75, 3.05) is 13.2 Å². The molecule has 0 aliphatic rings. The second-order valence-corrected chi connectivity index (χ2v) is 6.43. The zero-order chi connectivity index (χ0) is 18.7. The fourth-order valence-electron chi connectivity index (χ4n) is 2.34. The number of aromatic nitrogens is 3. The minimum atomic E-state index is -0.466. The molecule has 0 saturated heterocycles. The minimum Gasteiger partial charge on any atom is -0.395 e. The molecular weight excluding hydrogens is 375 g/mol. The van der Waals surface area contributed by atoms with Crippen molar-refractivity contribution in [2.24, 2.45) is 0 Å². The summed E-state index contributed by atoms with van der Waals surface area (Å²) in [5.41, 5.74) is 2.54. The first-order valence-corrected chi connectivity index (χ1v) is 8.64. The van der Waals surface area contributed by atoms with Gasteiger partial charge in [0.25, 0.3) is 5.91 Å². The predicted octanol–water partition coefficient (Wildman–Crippen LogP) is 3.27. The predicted molar refractivity (Wildman–Crippen MR) is 101 cm³/mol. The van der Waals surface area contributed by atoms with E-state index in [2.05, 4.69) is 15.4 Å². The van der Waals surface area contributed by atoms with Gasteiger partial charge < -0.3 is 10.4 Å². The van der Waals surface area contributed by atoms with E-state index >= 15 is 0 Å². The highest BCUT2D eigenvalue weighted by molar-refractivity contribution is 6.42. The molecule has 0 unspecified atom stereocenters. The van der Waals surface area contributed by atoms with Crippen LogP contribution in [0.5, 0.6) is 0 Å². The van der Waals surface area contributed by atoms with E-state index in [1.54, 1.807) is 22.9 Å². The maximum Gasteiger partial charge on any atom is 0.291 e. The summed E-state index contributed by atoms with van der Waals surface area (Å²) in [4.78, 5) is 16.6. The molecule has 0 radical (unpaired) electrons. The molecule has 2 N–H and O–H groups in total. The summed E-state index contributed by atoms with van der Waals surface area (Å²) in [5, 5.41) is 16.5. The fraction of sp³-hybridized carbons (Fsp3) is 0.167. The van der Waals surface area contributed by atoms with Crippen LogP contribution in [0.2, 0.25) is 10.0 Å². The normalized spacial score (nSPS) is 10.8. The highest BCUT2D eigenvalue weighted by Crippen LogP contribution is 2.27. The monoisotopic (exact) mass is 390 g/mol. The minimum absolute atomic E-state index is 0.0000902. The van der Waals surface area contributed by atoms with Crippen molar-refractivity contribution in [3.8, 4) is 17.1 Å². The Bertz CT molecular complexity index is 939. The number of rotatable bonds is 5. The van der Waals surface area contributed by atoms with Crippen LogP contribution in [0.4, 0.5) is 0 Å². The van der Waals surface area contributed by atoms with Crippen molar-refractivity contribution < 1.29 is 9.90 Å². The summed E-state index contributed by atoms with van der Waals surface area (Å²) in [6.07, 6.45) is 0. The lowest BCUT2D eigenvalue weighted by Crippen LogP contribution is -2.27. The van der Waals surface area contributed by atoms with Gasteiger partial charge in [-0.05, 0) is 25.1 Å². The van der Waals surface area contributed by atoms with Crippen molar-refractivity contribution in [2.45, 2.75) is 6.92 Å². The third-order valence-corrected chi connectivity index (χ3v) is 4.40. The molecule has 1 aromatic heterocycles. The molecule has 3 aromatic rings. The molecule has 0 atom stereocenters. The number of hydrogen-bond donors (Lipinski definition) is 2. The summed E-state index contributed by atoms with van der Waals surface area (Å²) >= 11 is 12.1. The van der Waals surface area contributed by atoms with Gasteiger partial charge in [-0.25, -0.2) is 9.67 Å². The van der Waals surface area contributed by atoms with E-state index in [9.17, 15) is 4.79 Å². The van der Waals surface area contributed by atoms with Gasteiger partial charge in [-0.1, -0.05) is 53.0 Å². The number of hydrogen-bond acceptors (Lipinski definition) is 4. The van der Waals surface area contributed by atoms with Gasteiger partial charge in [-0.3, -0.25) is 4.79 Å². The second kappa shape index (κ2) is 7.86. The molecule has 8 heteroatoms. The van der Waals surface area contributed by atoms with Gasteiger partial charge in [0.15, 0.2) is 5.82 Å². The van der Waals surface area contributed by atoms with Crippen LogP contribution in [0.25, 0.3) is 17.1 Å². The number of amides is 1. The Kier molecular flexibility index (Phi) is 5.56. The maximum atomic E-state index is 12.2. The molecule has 6 nitrogen and oxygen atoms in total. The maximum absolute atomic E-state index is 12.2. The third kappa shape index (κ3) is 3.88. The lowest BCUT2D eigenvalue weighted by Gasteiger charge is -2.07. The van der Waals surface area contributed by atoms with Crippen molar-refractivity contribution in [3.63, 3.8) is 0 Å². The summed E-state index contributed by atoms with van der Waals surface area (Å²) in [6, 6.07) is 12.8. The van der Waals surface area contributed by atoms with E-state index in [0.29, 0.717) is 21.6 Å². The van der Waals surface area contributed by atoms with Gasteiger partial charge in [0.2, 0.25) is 5.82 Å². The van der Waals surface area contributed by atoms with Crippen LogP contribution in [-0.4, -0.2) is 38.9 Å². The van der Waals surface area contributed by atoms with Gasteiger partial charge in [0.05, 0.1) is 22.3 Å². The Morgan fingerprint density at radius 1 is 1.15 bits per heavy atom. The number of carbonyl (C=O) groups is 1. The first-order chi connectivity index (χ1) is 12.5. The quantitative estimate of drug-likeness (QED) is 0.700. The highest BCUT2D eigenvalue weighted by atomic mass is 35.5. The summed E-state index contributed by atoms with van der Waals surface area (Å²) < 4.78 is 1.54. The average molecular weight is 391 g/mol. The van der Waals surface area contributed by atoms with Gasteiger partial charge in [0, 0.05) is 12.1 Å². The van der Waals surface area contributed by atoms with Crippen LogP contribution < -0.4 is 5.32 Å². The number of nitrogens with zero attached hydrogens (tertiary/aromatic N) is 3. The molecule has 1 heterocycles. The van der Waals surface area contributed by atoms with Crippen molar-refractivity contribution in [3.05, 3.63) is 63.9 Å². The van der Waals surface area contributed by atoms with Crippen LogP contribution in [-0.2, 0) is 0 Å². The molecule has 2 aromatic carbocycles. The number of benzene rings is 2. The Morgan fingerprint density at radius 2 is 1.88 bits per heavy atom. The van der Waals surface area contributed by atoms with Gasteiger partial charge >= 0.3 is 0 Å². The Hall–Kier alpha value is -2.41. The van der Waals surface area contributed by atoms with E-state index < -0.39 is 5.91 Å². The standard InChI is InChI=1S/C18H16Cl2N4O2/c1-11-2-4-12(5-3-11)17-22-16(18(26)21-8-9-25)23-24(17)13-6-7-14(19)15(20)10-13/h2-7,10,25H,8-9H2,1H3,(H,21,26). The van der Waals surface area contributed by atoms with E-state index in [4.69, 9.17) is 28.3 Å². The third-order valence-electron chi connectivity index (χ3n) is 3.67. The van der Waals surface area contributed by atoms with Crippen molar-refractivity contribution in [1.82, 2.24) is 20.1 Å². The zero-order valence-electron chi connectivity index (χ0n) is 13.9. The van der Waals surface area contributed by atoms with Gasteiger partial charge in [-0.15, -0.1) is 5.10 Å². The average Bonchev–Trinajstić information content (AvgIpc) is 3.08. The van der Waals surface area contributed by atoms with E-state index in [0.717, 1.165) is 11.1 Å². The highest BCUT2D eigenvalue weighted by Gasteiger charge is 2.19. The van der Waals surface area contributed by atoms with E-state index in [1.807, 2.05) is 31.2 Å². The molecule has 0 fully saturated rings. The Balaban J connectivity index is 2.10. The molecule has 0 aliphatic carbocycles. The molecule has 1 amide bonds. The number of aliphatic hydroxyl groups is 1. The largest absolute Gasteiger partial charge is 0.395 e. The van der Waals surface area contributed by atoms with Crippen molar-refractivity contribution >= 4 is 29.1 Å². The Morgan fingerprint density at radius 3 is 2.54 bits per heavy atom. The van der Waals surface area contributed by atoms with E-state index in [-0.39, 0.29) is 19.0 Å². The molecule has 3 rings (SSSR count). The zero-order valence-corrected chi connectivity index (χ0v) is 15.4. The smallest absolute Gasteiger partial charge is 0.291 e. The molecule has 0 saturated carbocycles.